The van der Waals surface area contributed by atoms with E-state index in [-0.39, 0.29) is 17.7 Å². The van der Waals surface area contributed by atoms with Crippen molar-refractivity contribution in [3.63, 3.8) is 0 Å². The lowest BCUT2D eigenvalue weighted by Gasteiger charge is -2.19. The van der Waals surface area contributed by atoms with E-state index in [1.54, 1.807) is 0 Å². The first-order valence-electron chi connectivity index (χ1n) is 9.54. The second-order valence-electron chi connectivity index (χ2n) is 7.11. The Hall–Kier alpha value is -3.73. The Labute approximate surface area is 169 Å². The normalized spacial score (nSPS) is 16.0. The molecule has 0 aromatic heterocycles. The highest BCUT2D eigenvalue weighted by molar-refractivity contribution is 6.07. The van der Waals surface area contributed by atoms with Crippen molar-refractivity contribution < 1.29 is 9.59 Å². The first-order valence-corrected chi connectivity index (χ1v) is 9.54. The minimum absolute atomic E-state index is 0.0623. The molecule has 1 heterocycles. The van der Waals surface area contributed by atoms with Crippen LogP contribution in [0.4, 0.5) is 5.69 Å². The Bertz CT molecular complexity index is 1060. The van der Waals surface area contributed by atoms with E-state index in [1.807, 2.05) is 85.8 Å². The van der Waals surface area contributed by atoms with Crippen molar-refractivity contribution in [1.29, 1.82) is 0 Å². The van der Waals surface area contributed by atoms with E-state index >= 15 is 0 Å². The van der Waals surface area contributed by atoms with E-state index < -0.39 is 0 Å². The number of carbonyl (C=O) groups is 2. The Morgan fingerprint density at radius 3 is 2.17 bits per heavy atom. The van der Waals surface area contributed by atoms with Gasteiger partial charge in [0.1, 0.15) is 0 Å². The predicted molar refractivity (Wildman–Crippen MR) is 115 cm³/mol. The average Bonchev–Trinajstić information content (AvgIpc) is 2.75. The lowest BCUT2D eigenvalue weighted by atomic mass is 9.94. The van der Waals surface area contributed by atoms with Crippen molar-refractivity contribution in [3.05, 3.63) is 90.0 Å². The molecule has 1 atom stereocenters. The monoisotopic (exact) mass is 383 g/mol. The van der Waals surface area contributed by atoms with E-state index in [0.29, 0.717) is 17.7 Å². The third kappa shape index (κ3) is 4.24. The highest BCUT2D eigenvalue weighted by Gasteiger charge is 2.21. The van der Waals surface area contributed by atoms with Gasteiger partial charge < -0.3 is 5.32 Å². The maximum atomic E-state index is 12.6. The Morgan fingerprint density at radius 1 is 0.897 bits per heavy atom. The number of benzene rings is 3. The largest absolute Gasteiger partial charge is 0.322 e. The molecular weight excluding hydrogens is 362 g/mol. The van der Waals surface area contributed by atoms with Crippen molar-refractivity contribution in [2.24, 2.45) is 11.0 Å². The van der Waals surface area contributed by atoms with Gasteiger partial charge in [0.2, 0.25) is 5.91 Å². The van der Waals surface area contributed by atoms with Gasteiger partial charge in [0.25, 0.3) is 5.91 Å². The fourth-order valence-corrected chi connectivity index (χ4v) is 3.37. The molecule has 0 aliphatic carbocycles. The van der Waals surface area contributed by atoms with Crippen LogP contribution in [0.5, 0.6) is 0 Å². The zero-order valence-corrected chi connectivity index (χ0v) is 16.1. The van der Waals surface area contributed by atoms with Crippen molar-refractivity contribution in [2.45, 2.75) is 13.3 Å². The zero-order chi connectivity index (χ0) is 20.2. The van der Waals surface area contributed by atoms with Gasteiger partial charge >= 0.3 is 0 Å². The molecule has 0 fully saturated rings. The first kappa shape index (κ1) is 18.6. The lowest BCUT2D eigenvalue weighted by molar-refractivity contribution is -0.121. The Balaban J connectivity index is 1.44. The smallest absolute Gasteiger partial charge is 0.255 e. The predicted octanol–water partition coefficient (Wildman–Crippen LogP) is 4.47. The van der Waals surface area contributed by atoms with Crippen molar-refractivity contribution >= 4 is 23.2 Å². The summed E-state index contributed by atoms with van der Waals surface area (Å²) in [6, 6.07) is 25.1. The lowest BCUT2D eigenvalue weighted by Crippen LogP contribution is -2.31. The van der Waals surface area contributed by atoms with E-state index in [9.17, 15) is 9.59 Å². The number of nitrogens with zero attached hydrogens (tertiary/aromatic N) is 1. The van der Waals surface area contributed by atoms with Gasteiger partial charge in [-0.15, -0.1) is 0 Å². The van der Waals surface area contributed by atoms with Gasteiger partial charge in [0.15, 0.2) is 0 Å². The van der Waals surface area contributed by atoms with Crippen LogP contribution in [0, 0.1) is 5.92 Å². The number of nitrogens with one attached hydrogen (secondary N) is 2. The molecule has 1 aliphatic rings. The summed E-state index contributed by atoms with van der Waals surface area (Å²) in [4.78, 5) is 24.0. The van der Waals surface area contributed by atoms with E-state index in [1.165, 1.54) is 0 Å². The van der Waals surface area contributed by atoms with Crippen molar-refractivity contribution in [1.82, 2.24) is 5.43 Å². The van der Waals surface area contributed by atoms with Gasteiger partial charge in [0.05, 0.1) is 5.71 Å². The van der Waals surface area contributed by atoms with Crippen LogP contribution in [0.3, 0.4) is 0 Å². The van der Waals surface area contributed by atoms with Crippen molar-refractivity contribution in [2.75, 3.05) is 5.32 Å². The number of hydrogen-bond donors (Lipinski definition) is 2. The van der Waals surface area contributed by atoms with Gasteiger partial charge in [-0.3, -0.25) is 9.59 Å². The third-order valence-corrected chi connectivity index (χ3v) is 4.95. The molecule has 5 heteroatoms. The molecule has 5 nitrogen and oxygen atoms in total. The molecule has 1 unspecified atom stereocenters. The van der Waals surface area contributed by atoms with Gasteiger partial charge in [-0.05, 0) is 41.0 Å². The van der Waals surface area contributed by atoms with E-state index in [2.05, 4.69) is 15.8 Å². The molecule has 3 aromatic carbocycles. The van der Waals surface area contributed by atoms with Gasteiger partial charge in [-0.2, -0.15) is 5.10 Å². The van der Waals surface area contributed by atoms with Crippen molar-refractivity contribution in [3.8, 4) is 11.1 Å². The fraction of sp³-hybridized carbons (Fsp3) is 0.125. The standard InChI is InChI=1S/C24H21N3O2/c1-16-15-22(28)26-27-23(16)19-11-13-21(14-12-19)25-24(29)20-9-7-18(8-10-20)17-5-3-2-4-6-17/h2-14,16H,15H2,1H3,(H,25,29)(H,26,28). The molecule has 3 aromatic rings. The minimum atomic E-state index is -0.159. The second kappa shape index (κ2) is 8.10. The molecule has 1 aliphatic heterocycles. The Morgan fingerprint density at radius 2 is 1.52 bits per heavy atom. The zero-order valence-electron chi connectivity index (χ0n) is 16.1. The number of hydrazone groups is 1. The number of carbonyl (C=O) groups excluding carboxylic acids is 2. The maximum absolute atomic E-state index is 12.6. The summed E-state index contributed by atoms with van der Waals surface area (Å²) < 4.78 is 0. The fourth-order valence-electron chi connectivity index (χ4n) is 3.37. The molecule has 0 spiro atoms. The number of anilines is 1. The van der Waals surface area contributed by atoms with Crippen LogP contribution in [0.25, 0.3) is 11.1 Å². The molecule has 0 saturated heterocycles. The molecule has 0 bridgehead atoms. The third-order valence-electron chi connectivity index (χ3n) is 4.95. The SMILES string of the molecule is CC1CC(=O)NN=C1c1ccc(NC(=O)c2ccc(-c3ccccc3)cc2)cc1. The molecule has 144 valence electrons. The summed E-state index contributed by atoms with van der Waals surface area (Å²) in [5, 5.41) is 7.08. The van der Waals surface area contributed by atoms with Crippen LogP contribution >= 0.6 is 0 Å². The maximum Gasteiger partial charge on any atom is 0.255 e. The molecule has 2 N–H and O–H groups in total. The molecular formula is C24H21N3O2. The van der Waals surface area contributed by atoms with Crippen LogP contribution in [0.2, 0.25) is 0 Å². The summed E-state index contributed by atoms with van der Waals surface area (Å²) in [6.45, 7) is 1.98. The van der Waals surface area contributed by atoms with Gasteiger partial charge in [0, 0.05) is 23.6 Å². The summed E-state index contributed by atoms with van der Waals surface area (Å²) in [7, 11) is 0. The van der Waals surface area contributed by atoms with Crippen LogP contribution in [-0.2, 0) is 4.79 Å². The second-order valence-corrected chi connectivity index (χ2v) is 7.11. The quantitative estimate of drug-likeness (QED) is 0.698. The van der Waals surface area contributed by atoms with E-state index in [0.717, 1.165) is 22.4 Å². The molecule has 0 saturated carbocycles. The van der Waals surface area contributed by atoms with Crippen LogP contribution < -0.4 is 10.7 Å². The summed E-state index contributed by atoms with van der Waals surface area (Å²) in [5.74, 6) is -0.163. The number of hydrogen-bond acceptors (Lipinski definition) is 3. The summed E-state index contributed by atoms with van der Waals surface area (Å²) >= 11 is 0. The highest BCUT2D eigenvalue weighted by Crippen LogP contribution is 2.21. The van der Waals surface area contributed by atoms with E-state index in [4.69, 9.17) is 0 Å². The average molecular weight is 383 g/mol. The first-order chi connectivity index (χ1) is 14.1. The molecule has 29 heavy (non-hydrogen) atoms. The van der Waals surface area contributed by atoms with Gasteiger partial charge in [-0.1, -0.05) is 61.5 Å². The highest BCUT2D eigenvalue weighted by atomic mass is 16.2. The summed E-state index contributed by atoms with van der Waals surface area (Å²) in [6.07, 6.45) is 0.427. The summed E-state index contributed by atoms with van der Waals surface area (Å²) in [5.41, 5.74) is 7.80. The van der Waals surface area contributed by atoms with Crippen LogP contribution in [-0.4, -0.2) is 17.5 Å². The van der Waals surface area contributed by atoms with Crippen LogP contribution in [0.1, 0.15) is 29.3 Å². The molecule has 4 rings (SSSR count). The van der Waals surface area contributed by atoms with Crippen LogP contribution in [0.15, 0.2) is 84.0 Å². The van der Waals surface area contributed by atoms with Gasteiger partial charge in [-0.25, -0.2) is 5.43 Å². The topological polar surface area (TPSA) is 70.6 Å². The number of rotatable bonds is 4. The number of amides is 2. The molecule has 0 radical (unpaired) electrons. The minimum Gasteiger partial charge on any atom is -0.322 e. The Kier molecular flexibility index (Phi) is 5.20. The molecule has 2 amide bonds.